The quantitative estimate of drug-likeness (QED) is 0.607. The topological polar surface area (TPSA) is 41.6 Å². The number of hydrazine groups is 1. The number of aryl methyl sites for hydroxylation is 1. The lowest BCUT2D eigenvalue weighted by molar-refractivity contribution is -0.129. The average molecular weight is 396 g/mol. The van der Waals surface area contributed by atoms with Crippen molar-refractivity contribution in [3.8, 4) is 5.75 Å². The summed E-state index contributed by atoms with van der Waals surface area (Å²) >= 11 is 0. The Balaban J connectivity index is 1.63. The number of nitrogens with one attached hydrogen (secondary N) is 1. The second-order valence-electron chi connectivity index (χ2n) is 7.23. The number of hydrogen-bond donors (Lipinski definition) is 1. The van der Waals surface area contributed by atoms with E-state index in [-0.39, 0.29) is 11.9 Å². The van der Waals surface area contributed by atoms with Gasteiger partial charge in [0.15, 0.2) is 0 Å². The van der Waals surface area contributed by atoms with E-state index < -0.39 is 0 Å². The molecule has 0 unspecified atom stereocenters. The molecule has 3 aromatic carbocycles. The van der Waals surface area contributed by atoms with Crippen LogP contribution in [0.3, 0.4) is 0 Å². The molecular formula is C26H24N2O2. The molecule has 150 valence electrons. The first-order chi connectivity index (χ1) is 14.6. The van der Waals surface area contributed by atoms with Gasteiger partial charge in [0.1, 0.15) is 5.75 Å². The summed E-state index contributed by atoms with van der Waals surface area (Å²) < 4.78 is 5.25. The number of rotatable bonds is 5. The maximum atomic E-state index is 13.1. The predicted molar refractivity (Wildman–Crippen MR) is 120 cm³/mol. The molecule has 1 aliphatic rings. The molecule has 0 aliphatic carbocycles. The molecule has 0 bridgehead atoms. The predicted octanol–water partition coefficient (Wildman–Crippen LogP) is 5.15. The van der Waals surface area contributed by atoms with Crippen LogP contribution in [0.5, 0.6) is 5.75 Å². The minimum atomic E-state index is -0.198. The maximum Gasteiger partial charge on any atom is 0.265 e. The summed E-state index contributed by atoms with van der Waals surface area (Å²) in [5.41, 5.74) is 8.41. The third-order valence-electron chi connectivity index (χ3n) is 5.12. The van der Waals surface area contributed by atoms with E-state index in [1.54, 1.807) is 18.2 Å². The SMILES string of the molecule is COc1ccc(C2=C[C@H](c3ccc(C)cc3)N(C(=O)/C=C/c3ccccc3)N2)cc1. The molecule has 4 rings (SSSR count). The minimum Gasteiger partial charge on any atom is -0.497 e. The summed E-state index contributed by atoms with van der Waals surface area (Å²) in [5, 5.41) is 1.67. The normalized spacial score (nSPS) is 15.7. The van der Waals surface area contributed by atoms with Crippen LogP contribution in [0.4, 0.5) is 0 Å². The summed E-state index contributed by atoms with van der Waals surface area (Å²) in [4.78, 5) is 13.1. The van der Waals surface area contributed by atoms with Gasteiger partial charge in [-0.3, -0.25) is 10.2 Å². The largest absolute Gasteiger partial charge is 0.497 e. The van der Waals surface area contributed by atoms with Crippen LogP contribution in [0.2, 0.25) is 0 Å². The Hall–Kier alpha value is -3.79. The molecule has 4 nitrogen and oxygen atoms in total. The van der Waals surface area contributed by atoms with Gasteiger partial charge in [-0.1, -0.05) is 60.2 Å². The Kier molecular flexibility index (Phi) is 5.66. The highest BCUT2D eigenvalue weighted by Crippen LogP contribution is 2.32. The lowest BCUT2D eigenvalue weighted by Crippen LogP contribution is -2.38. The van der Waals surface area contributed by atoms with Crippen LogP contribution in [0, 0.1) is 6.92 Å². The van der Waals surface area contributed by atoms with E-state index >= 15 is 0 Å². The van der Waals surface area contributed by atoms with E-state index in [4.69, 9.17) is 4.74 Å². The van der Waals surface area contributed by atoms with Crippen LogP contribution < -0.4 is 10.2 Å². The number of benzene rings is 3. The van der Waals surface area contributed by atoms with Gasteiger partial charge in [0.2, 0.25) is 0 Å². The lowest BCUT2D eigenvalue weighted by Gasteiger charge is -2.24. The Morgan fingerprint density at radius 3 is 2.33 bits per heavy atom. The summed E-state index contributed by atoms with van der Waals surface area (Å²) in [6.07, 6.45) is 5.52. The molecule has 3 aromatic rings. The van der Waals surface area contributed by atoms with Crippen molar-refractivity contribution in [3.05, 3.63) is 113 Å². The molecule has 0 fully saturated rings. The Morgan fingerprint density at radius 1 is 0.967 bits per heavy atom. The summed E-state index contributed by atoms with van der Waals surface area (Å²) in [5.74, 6) is 0.690. The van der Waals surface area contributed by atoms with Gasteiger partial charge in [-0.2, -0.15) is 0 Å². The zero-order chi connectivity index (χ0) is 20.9. The zero-order valence-corrected chi connectivity index (χ0v) is 17.1. The van der Waals surface area contributed by atoms with Gasteiger partial charge in [-0.15, -0.1) is 0 Å². The first kappa shape index (κ1) is 19.5. The molecule has 0 saturated carbocycles. The first-order valence-corrected chi connectivity index (χ1v) is 9.90. The fourth-order valence-electron chi connectivity index (χ4n) is 3.41. The average Bonchev–Trinajstić information content (AvgIpc) is 3.24. The van der Waals surface area contributed by atoms with Crippen LogP contribution in [0.25, 0.3) is 11.8 Å². The van der Waals surface area contributed by atoms with E-state index in [0.717, 1.165) is 28.1 Å². The van der Waals surface area contributed by atoms with Crippen molar-refractivity contribution in [1.82, 2.24) is 10.4 Å². The van der Waals surface area contributed by atoms with Crippen LogP contribution in [0.1, 0.15) is 28.3 Å². The van der Waals surface area contributed by atoms with Gasteiger partial charge in [0.25, 0.3) is 5.91 Å². The number of hydrogen-bond acceptors (Lipinski definition) is 3. The standard InChI is InChI=1S/C26H24N2O2/c1-19-8-11-22(12-9-19)25-18-24(21-13-15-23(30-2)16-14-21)27-28(25)26(29)17-10-20-6-4-3-5-7-20/h3-18,25,27H,1-2H3/b17-10+/t25-/m1/s1. The molecule has 1 amide bonds. The highest BCUT2D eigenvalue weighted by atomic mass is 16.5. The molecule has 1 N–H and O–H groups in total. The Bertz CT molecular complexity index is 1070. The molecule has 1 heterocycles. The van der Waals surface area contributed by atoms with Gasteiger partial charge in [0.05, 0.1) is 18.8 Å². The van der Waals surface area contributed by atoms with Crippen LogP contribution >= 0.6 is 0 Å². The highest BCUT2D eigenvalue weighted by Gasteiger charge is 2.29. The van der Waals surface area contributed by atoms with E-state index in [1.165, 1.54) is 5.56 Å². The zero-order valence-electron chi connectivity index (χ0n) is 17.1. The van der Waals surface area contributed by atoms with E-state index in [1.807, 2.05) is 60.7 Å². The van der Waals surface area contributed by atoms with Crippen molar-refractivity contribution < 1.29 is 9.53 Å². The third-order valence-corrected chi connectivity index (χ3v) is 5.12. The number of amides is 1. The molecule has 0 aromatic heterocycles. The van der Waals surface area contributed by atoms with Gasteiger partial charge in [-0.05, 0) is 60.0 Å². The maximum absolute atomic E-state index is 13.1. The molecule has 30 heavy (non-hydrogen) atoms. The molecule has 1 aliphatic heterocycles. The number of carbonyl (C=O) groups excluding carboxylic acids is 1. The molecular weight excluding hydrogens is 372 g/mol. The van der Waals surface area contributed by atoms with E-state index in [0.29, 0.717) is 0 Å². The fraction of sp³-hybridized carbons (Fsp3) is 0.115. The molecule has 0 radical (unpaired) electrons. The Morgan fingerprint density at radius 2 is 1.67 bits per heavy atom. The van der Waals surface area contributed by atoms with E-state index in [2.05, 4.69) is 42.7 Å². The van der Waals surface area contributed by atoms with Crippen LogP contribution in [-0.2, 0) is 4.79 Å². The fourth-order valence-corrected chi connectivity index (χ4v) is 3.41. The van der Waals surface area contributed by atoms with Gasteiger partial charge in [0, 0.05) is 6.08 Å². The van der Waals surface area contributed by atoms with Gasteiger partial charge in [-0.25, -0.2) is 5.01 Å². The molecule has 0 saturated heterocycles. The number of carbonyl (C=O) groups is 1. The lowest BCUT2D eigenvalue weighted by atomic mass is 10.0. The Labute approximate surface area is 177 Å². The third kappa shape index (κ3) is 4.28. The van der Waals surface area contributed by atoms with Crippen molar-refractivity contribution in [1.29, 1.82) is 0 Å². The number of ether oxygens (including phenoxy) is 1. The smallest absolute Gasteiger partial charge is 0.265 e. The van der Waals surface area contributed by atoms with Crippen molar-refractivity contribution in [2.75, 3.05) is 7.11 Å². The van der Waals surface area contributed by atoms with Crippen molar-refractivity contribution >= 4 is 17.7 Å². The molecule has 0 spiro atoms. The van der Waals surface area contributed by atoms with Crippen molar-refractivity contribution in [2.45, 2.75) is 13.0 Å². The highest BCUT2D eigenvalue weighted by molar-refractivity contribution is 5.93. The van der Waals surface area contributed by atoms with Crippen molar-refractivity contribution in [3.63, 3.8) is 0 Å². The monoisotopic (exact) mass is 396 g/mol. The molecule has 4 heteroatoms. The van der Waals surface area contributed by atoms with Gasteiger partial charge < -0.3 is 4.74 Å². The second-order valence-corrected chi connectivity index (χ2v) is 7.23. The van der Waals surface area contributed by atoms with Crippen LogP contribution in [-0.4, -0.2) is 18.0 Å². The van der Waals surface area contributed by atoms with Gasteiger partial charge >= 0.3 is 0 Å². The number of nitrogens with zero attached hydrogens (tertiary/aromatic N) is 1. The summed E-state index contributed by atoms with van der Waals surface area (Å²) in [6, 6.07) is 25.7. The molecule has 1 atom stereocenters. The summed E-state index contributed by atoms with van der Waals surface area (Å²) in [7, 11) is 1.65. The van der Waals surface area contributed by atoms with Crippen molar-refractivity contribution in [2.24, 2.45) is 0 Å². The van der Waals surface area contributed by atoms with Crippen LogP contribution in [0.15, 0.2) is 91.0 Å². The minimum absolute atomic E-state index is 0.107. The summed E-state index contributed by atoms with van der Waals surface area (Å²) in [6.45, 7) is 2.06. The number of methoxy groups -OCH3 is 1. The first-order valence-electron chi connectivity index (χ1n) is 9.90. The van der Waals surface area contributed by atoms with E-state index in [9.17, 15) is 4.79 Å². The second kappa shape index (κ2) is 8.70.